The molecule has 0 fully saturated rings. The second-order valence-corrected chi connectivity index (χ2v) is 3.44. The molecule has 0 aliphatic heterocycles. The molecule has 94 valence electrons. The molecule has 1 rings (SSSR count). The van der Waals surface area contributed by atoms with Gasteiger partial charge in [0.25, 0.3) is 0 Å². The van der Waals surface area contributed by atoms with Crippen LogP contribution in [0, 0.1) is 0 Å². The molecule has 17 heavy (non-hydrogen) atoms. The standard InChI is InChI=1S/C12H17NO4/c1-3-17-10-6-4-5-8(11(10)14)9(7-13)12(15)16-2/h4-6,9,14H,3,7,13H2,1-2H3. The molecule has 0 spiro atoms. The van der Waals surface area contributed by atoms with E-state index in [0.717, 1.165) is 0 Å². The van der Waals surface area contributed by atoms with Crippen LogP contribution in [0.15, 0.2) is 18.2 Å². The monoisotopic (exact) mass is 239 g/mol. The normalized spacial score (nSPS) is 11.9. The topological polar surface area (TPSA) is 81.8 Å². The summed E-state index contributed by atoms with van der Waals surface area (Å²) in [6, 6.07) is 4.96. The number of ether oxygens (including phenoxy) is 2. The second kappa shape index (κ2) is 6.10. The Morgan fingerprint density at radius 3 is 2.76 bits per heavy atom. The molecule has 0 radical (unpaired) electrons. The number of hydrogen-bond acceptors (Lipinski definition) is 5. The van der Waals surface area contributed by atoms with Crippen molar-refractivity contribution in [3.8, 4) is 11.5 Å². The van der Waals surface area contributed by atoms with Crippen molar-refractivity contribution in [1.82, 2.24) is 0 Å². The molecule has 0 saturated heterocycles. The van der Waals surface area contributed by atoms with Gasteiger partial charge in [-0.05, 0) is 13.0 Å². The van der Waals surface area contributed by atoms with Crippen molar-refractivity contribution in [3.05, 3.63) is 23.8 Å². The molecule has 0 aromatic heterocycles. The molecule has 0 saturated carbocycles. The minimum absolute atomic E-state index is 0.0600. The summed E-state index contributed by atoms with van der Waals surface area (Å²) in [6.45, 7) is 2.31. The summed E-state index contributed by atoms with van der Waals surface area (Å²) in [5, 5.41) is 9.98. The van der Waals surface area contributed by atoms with Crippen molar-refractivity contribution in [3.63, 3.8) is 0 Å². The Morgan fingerprint density at radius 1 is 1.53 bits per heavy atom. The smallest absolute Gasteiger partial charge is 0.314 e. The third kappa shape index (κ3) is 2.88. The van der Waals surface area contributed by atoms with Gasteiger partial charge >= 0.3 is 5.97 Å². The van der Waals surface area contributed by atoms with E-state index in [9.17, 15) is 9.90 Å². The molecule has 0 aliphatic carbocycles. The van der Waals surface area contributed by atoms with E-state index in [-0.39, 0.29) is 12.3 Å². The third-order valence-corrected chi connectivity index (χ3v) is 2.43. The fourth-order valence-electron chi connectivity index (χ4n) is 1.58. The summed E-state index contributed by atoms with van der Waals surface area (Å²) in [5.74, 6) is -0.876. The van der Waals surface area contributed by atoms with E-state index in [0.29, 0.717) is 17.9 Å². The van der Waals surface area contributed by atoms with Gasteiger partial charge in [0.05, 0.1) is 19.6 Å². The van der Waals surface area contributed by atoms with Crippen LogP contribution in [-0.4, -0.2) is 31.3 Å². The van der Waals surface area contributed by atoms with Crippen LogP contribution in [0.25, 0.3) is 0 Å². The largest absolute Gasteiger partial charge is 0.504 e. The number of aromatic hydroxyl groups is 1. The van der Waals surface area contributed by atoms with Crippen LogP contribution in [0.4, 0.5) is 0 Å². The molecule has 3 N–H and O–H groups in total. The number of rotatable bonds is 5. The zero-order valence-electron chi connectivity index (χ0n) is 9.97. The van der Waals surface area contributed by atoms with E-state index >= 15 is 0 Å². The summed E-state index contributed by atoms with van der Waals surface area (Å²) in [6.07, 6.45) is 0. The molecule has 0 aliphatic rings. The number of carbonyl (C=O) groups excluding carboxylic acids is 1. The number of benzene rings is 1. The van der Waals surface area contributed by atoms with Crippen molar-refractivity contribution >= 4 is 5.97 Å². The van der Waals surface area contributed by atoms with Crippen molar-refractivity contribution in [2.75, 3.05) is 20.3 Å². The van der Waals surface area contributed by atoms with Crippen molar-refractivity contribution in [2.24, 2.45) is 5.73 Å². The number of carbonyl (C=O) groups is 1. The van der Waals surface area contributed by atoms with Gasteiger partial charge in [-0.15, -0.1) is 0 Å². The number of methoxy groups -OCH3 is 1. The Bertz CT molecular complexity index is 392. The number of hydrogen-bond donors (Lipinski definition) is 2. The van der Waals surface area contributed by atoms with E-state index in [1.54, 1.807) is 18.2 Å². The van der Waals surface area contributed by atoms with Crippen LogP contribution in [-0.2, 0) is 9.53 Å². The zero-order chi connectivity index (χ0) is 12.8. The summed E-state index contributed by atoms with van der Waals surface area (Å²) in [7, 11) is 1.29. The minimum Gasteiger partial charge on any atom is -0.504 e. The van der Waals surface area contributed by atoms with Gasteiger partial charge in [-0.3, -0.25) is 4.79 Å². The van der Waals surface area contributed by atoms with Crippen LogP contribution in [0.2, 0.25) is 0 Å². The lowest BCUT2D eigenvalue weighted by molar-refractivity contribution is -0.142. The van der Waals surface area contributed by atoms with Gasteiger partial charge < -0.3 is 20.3 Å². The van der Waals surface area contributed by atoms with Gasteiger partial charge in [-0.1, -0.05) is 12.1 Å². The Labute approximate surface area is 100 Å². The highest BCUT2D eigenvalue weighted by Gasteiger charge is 2.24. The van der Waals surface area contributed by atoms with Gasteiger partial charge in [-0.25, -0.2) is 0 Å². The van der Waals surface area contributed by atoms with Gasteiger partial charge in [0.2, 0.25) is 0 Å². The first kappa shape index (κ1) is 13.3. The van der Waals surface area contributed by atoms with E-state index in [1.165, 1.54) is 7.11 Å². The maximum absolute atomic E-state index is 11.5. The average molecular weight is 239 g/mol. The van der Waals surface area contributed by atoms with Gasteiger partial charge in [-0.2, -0.15) is 0 Å². The fourth-order valence-corrected chi connectivity index (χ4v) is 1.58. The van der Waals surface area contributed by atoms with Gasteiger partial charge in [0.15, 0.2) is 11.5 Å². The lowest BCUT2D eigenvalue weighted by Gasteiger charge is -2.16. The molecular formula is C12H17NO4. The van der Waals surface area contributed by atoms with Crippen molar-refractivity contribution < 1.29 is 19.4 Å². The molecule has 5 heteroatoms. The van der Waals surface area contributed by atoms with E-state index in [2.05, 4.69) is 4.74 Å². The van der Waals surface area contributed by atoms with Gasteiger partial charge in [0.1, 0.15) is 0 Å². The number of phenolic OH excluding ortho intramolecular Hbond substituents is 1. The first-order valence-electron chi connectivity index (χ1n) is 5.38. The van der Waals surface area contributed by atoms with Crippen molar-refractivity contribution in [2.45, 2.75) is 12.8 Å². The Kier molecular flexibility index (Phi) is 4.78. The van der Waals surface area contributed by atoms with Crippen LogP contribution < -0.4 is 10.5 Å². The molecule has 0 bridgehead atoms. The Balaban J connectivity index is 3.11. The number of esters is 1. The van der Waals surface area contributed by atoms with Gasteiger partial charge in [0, 0.05) is 12.1 Å². The maximum Gasteiger partial charge on any atom is 0.314 e. The molecule has 1 aromatic carbocycles. The molecular weight excluding hydrogens is 222 g/mol. The molecule has 1 unspecified atom stereocenters. The van der Waals surface area contributed by atoms with E-state index in [1.807, 2.05) is 6.92 Å². The average Bonchev–Trinajstić information content (AvgIpc) is 2.34. The number of nitrogens with two attached hydrogens (primary N) is 1. The SMILES string of the molecule is CCOc1cccc(C(CN)C(=O)OC)c1O. The summed E-state index contributed by atoms with van der Waals surface area (Å²) in [4.78, 5) is 11.5. The lowest BCUT2D eigenvalue weighted by atomic mass is 9.98. The highest BCUT2D eigenvalue weighted by Crippen LogP contribution is 2.34. The number of para-hydroxylation sites is 1. The van der Waals surface area contributed by atoms with E-state index in [4.69, 9.17) is 10.5 Å². The first-order chi connectivity index (χ1) is 8.15. The summed E-state index contributed by atoms with van der Waals surface area (Å²) in [5.41, 5.74) is 5.94. The van der Waals surface area contributed by atoms with Crippen LogP contribution in [0.1, 0.15) is 18.4 Å². The highest BCUT2D eigenvalue weighted by atomic mass is 16.5. The fraction of sp³-hybridized carbons (Fsp3) is 0.417. The lowest BCUT2D eigenvalue weighted by Crippen LogP contribution is -2.23. The predicted molar refractivity (Wildman–Crippen MR) is 63.1 cm³/mol. The predicted octanol–water partition coefficient (Wildman–Crippen LogP) is 1.01. The van der Waals surface area contributed by atoms with Crippen LogP contribution in [0.5, 0.6) is 11.5 Å². The molecule has 0 amide bonds. The maximum atomic E-state index is 11.5. The molecule has 1 atom stereocenters. The highest BCUT2D eigenvalue weighted by molar-refractivity contribution is 5.79. The van der Waals surface area contributed by atoms with Crippen LogP contribution in [0.3, 0.4) is 0 Å². The first-order valence-corrected chi connectivity index (χ1v) is 5.38. The second-order valence-electron chi connectivity index (χ2n) is 3.44. The minimum atomic E-state index is -0.680. The molecule has 0 heterocycles. The van der Waals surface area contributed by atoms with E-state index < -0.39 is 11.9 Å². The zero-order valence-corrected chi connectivity index (χ0v) is 9.97. The molecule has 1 aromatic rings. The Morgan fingerprint density at radius 2 is 2.24 bits per heavy atom. The summed E-state index contributed by atoms with van der Waals surface area (Å²) < 4.78 is 9.88. The third-order valence-electron chi connectivity index (χ3n) is 2.43. The van der Waals surface area contributed by atoms with Crippen molar-refractivity contribution in [1.29, 1.82) is 0 Å². The quantitative estimate of drug-likeness (QED) is 0.749. The Hall–Kier alpha value is -1.75. The molecule has 5 nitrogen and oxygen atoms in total. The summed E-state index contributed by atoms with van der Waals surface area (Å²) >= 11 is 0. The van der Waals surface area contributed by atoms with Crippen LogP contribution >= 0.6 is 0 Å². The number of phenols is 1.